The summed E-state index contributed by atoms with van der Waals surface area (Å²) >= 11 is 0. The molecule has 2 heterocycles. The predicted molar refractivity (Wildman–Crippen MR) is 70.5 cm³/mol. The Morgan fingerprint density at radius 3 is 2.70 bits per heavy atom. The zero-order chi connectivity index (χ0) is 14.4. The molecule has 7 nitrogen and oxygen atoms in total. The van der Waals surface area contributed by atoms with Gasteiger partial charge in [0.15, 0.2) is 0 Å². The Morgan fingerprint density at radius 1 is 1.25 bits per heavy atom. The van der Waals surface area contributed by atoms with Crippen LogP contribution >= 0.6 is 0 Å². The maximum absolute atomic E-state index is 12.1. The quantitative estimate of drug-likeness (QED) is 0.776. The molecular formula is C13H22N2O5. The van der Waals surface area contributed by atoms with E-state index >= 15 is 0 Å². The first-order valence-electron chi connectivity index (χ1n) is 7.09. The monoisotopic (exact) mass is 286 g/mol. The second kappa shape index (κ2) is 7.44. The summed E-state index contributed by atoms with van der Waals surface area (Å²) < 4.78 is 10.6. The highest BCUT2D eigenvalue weighted by atomic mass is 16.5. The van der Waals surface area contributed by atoms with Gasteiger partial charge in [-0.2, -0.15) is 0 Å². The molecular weight excluding hydrogens is 264 g/mol. The van der Waals surface area contributed by atoms with Gasteiger partial charge in [0.05, 0.1) is 19.1 Å². The number of carbonyl (C=O) groups is 2. The van der Waals surface area contributed by atoms with Gasteiger partial charge in [-0.15, -0.1) is 0 Å². The third-order valence-corrected chi connectivity index (χ3v) is 3.71. The summed E-state index contributed by atoms with van der Waals surface area (Å²) in [6, 6.07) is -0.129. The number of aliphatic carboxylic acids is 1. The number of nitrogens with one attached hydrogen (secondary N) is 1. The molecule has 0 aromatic heterocycles. The molecule has 1 unspecified atom stereocenters. The van der Waals surface area contributed by atoms with Gasteiger partial charge in [-0.05, 0) is 18.8 Å². The second-order valence-corrected chi connectivity index (χ2v) is 5.28. The number of ether oxygens (including phenoxy) is 2. The summed E-state index contributed by atoms with van der Waals surface area (Å²) in [5.74, 6) is -0.428. The minimum Gasteiger partial charge on any atom is -0.481 e. The number of rotatable bonds is 4. The van der Waals surface area contributed by atoms with E-state index in [-0.39, 0.29) is 12.5 Å². The van der Waals surface area contributed by atoms with Crippen molar-refractivity contribution in [2.24, 2.45) is 5.92 Å². The topological polar surface area (TPSA) is 88.1 Å². The zero-order valence-corrected chi connectivity index (χ0v) is 11.5. The fraction of sp³-hybridized carbons (Fsp3) is 0.846. The molecule has 2 saturated heterocycles. The Bertz CT molecular complexity index is 344. The number of carboxylic acid groups (broad SMARTS) is 1. The summed E-state index contributed by atoms with van der Waals surface area (Å²) in [6.45, 7) is 3.42. The van der Waals surface area contributed by atoms with Crippen LogP contribution < -0.4 is 5.32 Å². The fourth-order valence-corrected chi connectivity index (χ4v) is 2.52. The maximum atomic E-state index is 12.1. The Balaban J connectivity index is 1.72. The van der Waals surface area contributed by atoms with Gasteiger partial charge in [0.25, 0.3) is 0 Å². The van der Waals surface area contributed by atoms with Crippen molar-refractivity contribution in [1.82, 2.24) is 10.2 Å². The molecule has 0 aromatic carbocycles. The highest BCUT2D eigenvalue weighted by Crippen LogP contribution is 2.14. The number of nitrogens with zero attached hydrogens (tertiary/aromatic N) is 1. The molecule has 2 aliphatic heterocycles. The number of carbonyl (C=O) groups excluding carboxylic acids is 1. The van der Waals surface area contributed by atoms with Crippen molar-refractivity contribution in [3.8, 4) is 0 Å². The predicted octanol–water partition coefficient (Wildman–Crippen LogP) is 0.298. The lowest BCUT2D eigenvalue weighted by Crippen LogP contribution is -2.50. The molecule has 0 bridgehead atoms. The van der Waals surface area contributed by atoms with Crippen LogP contribution in [-0.4, -0.2) is 67.6 Å². The summed E-state index contributed by atoms with van der Waals surface area (Å²) in [5, 5.41) is 11.7. The van der Waals surface area contributed by atoms with Crippen LogP contribution in [0, 0.1) is 5.92 Å². The van der Waals surface area contributed by atoms with Gasteiger partial charge in [-0.3, -0.25) is 4.79 Å². The first kappa shape index (κ1) is 15.1. The lowest BCUT2D eigenvalue weighted by Gasteiger charge is -2.33. The van der Waals surface area contributed by atoms with Crippen molar-refractivity contribution in [3.05, 3.63) is 0 Å². The van der Waals surface area contributed by atoms with Gasteiger partial charge in [-0.25, -0.2) is 4.79 Å². The standard InChI is InChI=1S/C13H22N2O5/c16-12(17)7-11-9-15(3-6-20-11)13(18)14-8-10-1-4-19-5-2-10/h10-11H,1-9H2,(H,14,18)(H,16,17). The summed E-state index contributed by atoms with van der Waals surface area (Å²) in [7, 11) is 0. The van der Waals surface area contributed by atoms with E-state index < -0.39 is 12.1 Å². The molecule has 2 aliphatic rings. The van der Waals surface area contributed by atoms with Gasteiger partial charge >= 0.3 is 12.0 Å². The molecule has 7 heteroatoms. The Kier molecular flexibility index (Phi) is 5.60. The van der Waals surface area contributed by atoms with E-state index in [0.717, 1.165) is 26.1 Å². The second-order valence-electron chi connectivity index (χ2n) is 5.28. The third-order valence-electron chi connectivity index (χ3n) is 3.71. The van der Waals surface area contributed by atoms with Crippen LogP contribution in [0.3, 0.4) is 0 Å². The maximum Gasteiger partial charge on any atom is 0.317 e. The highest BCUT2D eigenvalue weighted by Gasteiger charge is 2.26. The van der Waals surface area contributed by atoms with Crippen molar-refractivity contribution >= 4 is 12.0 Å². The average molecular weight is 286 g/mol. The first-order chi connectivity index (χ1) is 9.65. The third kappa shape index (κ3) is 4.64. The van der Waals surface area contributed by atoms with Crippen LogP contribution in [0.5, 0.6) is 0 Å². The van der Waals surface area contributed by atoms with E-state index in [1.165, 1.54) is 0 Å². The van der Waals surface area contributed by atoms with Crippen molar-refractivity contribution in [1.29, 1.82) is 0 Å². The fourth-order valence-electron chi connectivity index (χ4n) is 2.52. The highest BCUT2D eigenvalue weighted by molar-refractivity contribution is 5.74. The van der Waals surface area contributed by atoms with E-state index in [1.54, 1.807) is 4.90 Å². The van der Waals surface area contributed by atoms with Gasteiger partial charge in [0.1, 0.15) is 0 Å². The normalized spacial score (nSPS) is 24.4. The molecule has 1 atom stereocenters. The lowest BCUT2D eigenvalue weighted by atomic mass is 10.0. The van der Waals surface area contributed by atoms with Crippen LogP contribution in [0.2, 0.25) is 0 Å². The molecule has 0 spiro atoms. The van der Waals surface area contributed by atoms with E-state index in [0.29, 0.717) is 32.2 Å². The summed E-state index contributed by atoms with van der Waals surface area (Å²) in [6.07, 6.45) is 1.48. The molecule has 0 saturated carbocycles. The van der Waals surface area contributed by atoms with Gasteiger partial charge in [0, 0.05) is 32.8 Å². The average Bonchev–Trinajstić information content (AvgIpc) is 2.45. The van der Waals surface area contributed by atoms with Gasteiger partial charge in [0.2, 0.25) is 0 Å². The number of hydrogen-bond acceptors (Lipinski definition) is 4. The van der Waals surface area contributed by atoms with Crippen molar-refractivity contribution in [3.63, 3.8) is 0 Å². The van der Waals surface area contributed by atoms with Crippen LogP contribution in [0.4, 0.5) is 4.79 Å². The number of urea groups is 1. The molecule has 0 aromatic rings. The Morgan fingerprint density at radius 2 is 2.00 bits per heavy atom. The van der Waals surface area contributed by atoms with Crippen LogP contribution in [0.15, 0.2) is 0 Å². The minimum absolute atomic E-state index is 0.0657. The molecule has 2 fully saturated rings. The SMILES string of the molecule is O=C(O)CC1CN(C(=O)NCC2CCOCC2)CCO1. The van der Waals surface area contributed by atoms with Crippen LogP contribution in [0.1, 0.15) is 19.3 Å². The lowest BCUT2D eigenvalue weighted by molar-refractivity contribution is -0.141. The molecule has 2 rings (SSSR count). The van der Waals surface area contributed by atoms with Crippen molar-refractivity contribution in [2.45, 2.75) is 25.4 Å². The van der Waals surface area contributed by atoms with E-state index in [4.69, 9.17) is 14.6 Å². The zero-order valence-electron chi connectivity index (χ0n) is 11.5. The number of amides is 2. The van der Waals surface area contributed by atoms with E-state index in [1.807, 2.05) is 0 Å². The van der Waals surface area contributed by atoms with E-state index in [9.17, 15) is 9.59 Å². The van der Waals surface area contributed by atoms with Crippen LogP contribution in [-0.2, 0) is 14.3 Å². The number of hydrogen-bond donors (Lipinski definition) is 2. The Labute approximate surface area is 118 Å². The van der Waals surface area contributed by atoms with Crippen molar-refractivity contribution < 1.29 is 24.2 Å². The largest absolute Gasteiger partial charge is 0.481 e. The first-order valence-corrected chi connectivity index (χ1v) is 7.09. The van der Waals surface area contributed by atoms with E-state index in [2.05, 4.69) is 5.32 Å². The van der Waals surface area contributed by atoms with Gasteiger partial charge < -0.3 is 24.8 Å². The summed E-state index contributed by atoms with van der Waals surface area (Å²) in [5.41, 5.74) is 0. The minimum atomic E-state index is -0.903. The molecule has 20 heavy (non-hydrogen) atoms. The molecule has 0 aliphatic carbocycles. The molecule has 114 valence electrons. The van der Waals surface area contributed by atoms with Gasteiger partial charge in [-0.1, -0.05) is 0 Å². The number of morpholine rings is 1. The summed E-state index contributed by atoms with van der Waals surface area (Å²) in [4.78, 5) is 24.4. The molecule has 0 radical (unpaired) electrons. The van der Waals surface area contributed by atoms with Crippen LogP contribution in [0.25, 0.3) is 0 Å². The molecule has 2 N–H and O–H groups in total. The smallest absolute Gasteiger partial charge is 0.317 e. The Hall–Kier alpha value is -1.34. The molecule has 2 amide bonds. The number of carboxylic acids is 1. The van der Waals surface area contributed by atoms with Crippen molar-refractivity contribution in [2.75, 3.05) is 39.5 Å².